The van der Waals surface area contributed by atoms with Crippen molar-refractivity contribution in [2.24, 2.45) is 9.98 Å². The lowest BCUT2D eigenvalue weighted by molar-refractivity contribution is -0.384. The van der Waals surface area contributed by atoms with Gasteiger partial charge in [-0.1, -0.05) is 48.5 Å². The molecule has 0 N–H and O–H groups in total. The van der Waals surface area contributed by atoms with E-state index in [4.69, 9.17) is 9.73 Å². The van der Waals surface area contributed by atoms with Crippen molar-refractivity contribution >= 4 is 28.5 Å². The number of nitro groups is 1. The average Bonchev–Trinajstić information content (AvgIpc) is 3.07. The highest BCUT2D eigenvalue weighted by molar-refractivity contribution is 6.57. The summed E-state index contributed by atoms with van der Waals surface area (Å²) in [6.07, 6.45) is 0. The van der Waals surface area contributed by atoms with Gasteiger partial charge in [0, 0.05) is 11.1 Å². The third-order valence-corrected chi connectivity index (χ3v) is 4.27. The van der Waals surface area contributed by atoms with Crippen molar-refractivity contribution in [2.75, 3.05) is 7.11 Å². The Balaban J connectivity index is 1.90. The van der Waals surface area contributed by atoms with Gasteiger partial charge in [-0.25, -0.2) is 9.98 Å². The maximum atomic E-state index is 11.5. The van der Waals surface area contributed by atoms with Gasteiger partial charge >= 0.3 is 0 Å². The number of aliphatic imine (C=N–C) groups is 2. The van der Waals surface area contributed by atoms with Gasteiger partial charge in [0.05, 0.1) is 35.2 Å². The summed E-state index contributed by atoms with van der Waals surface area (Å²) in [5.74, 6) is 0.412. The maximum absolute atomic E-state index is 11.5. The second-order valence-electron chi connectivity index (χ2n) is 5.92. The SMILES string of the molecule is COc1ccc(N=C2C(c3ccccc3)=Nc3ccccc32)c([N+](=O)[O-])c1. The van der Waals surface area contributed by atoms with E-state index in [0.717, 1.165) is 16.8 Å². The van der Waals surface area contributed by atoms with E-state index < -0.39 is 4.92 Å². The first-order chi connectivity index (χ1) is 13.2. The number of para-hydroxylation sites is 1. The molecule has 0 radical (unpaired) electrons. The van der Waals surface area contributed by atoms with Crippen LogP contribution in [0.1, 0.15) is 11.1 Å². The van der Waals surface area contributed by atoms with Crippen LogP contribution in [0.15, 0.2) is 82.8 Å². The Labute approximate surface area is 155 Å². The maximum Gasteiger partial charge on any atom is 0.298 e. The highest BCUT2D eigenvalue weighted by atomic mass is 16.6. The lowest BCUT2D eigenvalue weighted by Gasteiger charge is -2.06. The molecule has 0 saturated carbocycles. The quantitative estimate of drug-likeness (QED) is 0.494. The number of benzene rings is 3. The van der Waals surface area contributed by atoms with E-state index in [0.29, 0.717) is 17.2 Å². The third kappa shape index (κ3) is 3.08. The molecule has 1 aliphatic rings. The first-order valence-corrected chi connectivity index (χ1v) is 8.32. The normalized spacial score (nSPS) is 14.0. The minimum absolute atomic E-state index is 0.112. The van der Waals surface area contributed by atoms with Gasteiger partial charge in [-0.2, -0.15) is 0 Å². The van der Waals surface area contributed by atoms with Crippen molar-refractivity contribution in [3.05, 3.63) is 94.0 Å². The fourth-order valence-corrected chi connectivity index (χ4v) is 2.97. The Kier molecular flexibility index (Phi) is 4.22. The number of nitro benzene ring substituents is 1. The van der Waals surface area contributed by atoms with Crippen molar-refractivity contribution in [1.29, 1.82) is 0 Å². The summed E-state index contributed by atoms with van der Waals surface area (Å²) < 4.78 is 5.10. The van der Waals surface area contributed by atoms with Crippen molar-refractivity contribution in [3.63, 3.8) is 0 Å². The van der Waals surface area contributed by atoms with Gasteiger partial charge in [-0.05, 0) is 18.2 Å². The van der Waals surface area contributed by atoms with Crippen LogP contribution in [-0.4, -0.2) is 23.5 Å². The van der Waals surface area contributed by atoms with Crippen LogP contribution in [0, 0.1) is 10.1 Å². The Morgan fingerprint density at radius 3 is 2.48 bits per heavy atom. The van der Waals surface area contributed by atoms with Crippen LogP contribution >= 0.6 is 0 Å². The number of ether oxygens (including phenoxy) is 1. The molecule has 6 heteroatoms. The van der Waals surface area contributed by atoms with E-state index in [2.05, 4.69) is 4.99 Å². The van der Waals surface area contributed by atoms with Crippen LogP contribution in [0.4, 0.5) is 17.1 Å². The van der Waals surface area contributed by atoms with E-state index in [1.165, 1.54) is 13.2 Å². The zero-order chi connectivity index (χ0) is 18.8. The van der Waals surface area contributed by atoms with Crippen LogP contribution < -0.4 is 4.74 Å². The Morgan fingerprint density at radius 2 is 1.74 bits per heavy atom. The fraction of sp³-hybridized carbons (Fsp3) is 0.0476. The molecule has 0 aliphatic carbocycles. The van der Waals surface area contributed by atoms with Gasteiger partial charge in [0.25, 0.3) is 5.69 Å². The summed E-state index contributed by atoms with van der Waals surface area (Å²) in [7, 11) is 1.47. The van der Waals surface area contributed by atoms with Crippen LogP contribution in [-0.2, 0) is 0 Å². The van der Waals surface area contributed by atoms with Gasteiger partial charge in [0.2, 0.25) is 0 Å². The van der Waals surface area contributed by atoms with Gasteiger partial charge in [-0.3, -0.25) is 10.1 Å². The highest BCUT2D eigenvalue weighted by Crippen LogP contribution is 2.35. The standard InChI is InChI=1S/C21H15N3O3/c1-27-15-11-12-18(19(13-15)24(25)26)23-21-16-9-5-6-10-17(16)22-20(21)14-7-3-2-4-8-14/h2-13H,1H3. The summed E-state index contributed by atoms with van der Waals surface area (Å²) >= 11 is 0. The summed E-state index contributed by atoms with van der Waals surface area (Å²) in [5.41, 5.74) is 4.01. The van der Waals surface area contributed by atoms with Gasteiger partial charge in [0.1, 0.15) is 11.4 Å². The van der Waals surface area contributed by atoms with E-state index in [1.807, 2.05) is 54.6 Å². The van der Waals surface area contributed by atoms with E-state index in [9.17, 15) is 10.1 Å². The molecule has 0 aromatic heterocycles. The first-order valence-electron chi connectivity index (χ1n) is 8.32. The van der Waals surface area contributed by atoms with Gasteiger partial charge in [0.15, 0.2) is 0 Å². The van der Waals surface area contributed by atoms with Crippen LogP contribution in [0.25, 0.3) is 0 Å². The molecule has 0 amide bonds. The molecule has 0 unspecified atom stereocenters. The molecular formula is C21H15N3O3. The molecule has 27 heavy (non-hydrogen) atoms. The van der Waals surface area contributed by atoms with E-state index >= 15 is 0 Å². The molecule has 1 aliphatic heterocycles. The summed E-state index contributed by atoms with van der Waals surface area (Å²) in [6, 6.07) is 21.9. The zero-order valence-corrected chi connectivity index (χ0v) is 14.5. The van der Waals surface area contributed by atoms with Crippen LogP contribution in [0.2, 0.25) is 0 Å². The zero-order valence-electron chi connectivity index (χ0n) is 14.5. The van der Waals surface area contributed by atoms with Crippen LogP contribution in [0.5, 0.6) is 5.75 Å². The number of hydrogen-bond acceptors (Lipinski definition) is 5. The molecule has 0 fully saturated rings. The first kappa shape index (κ1) is 16.7. The predicted molar refractivity (Wildman–Crippen MR) is 105 cm³/mol. The van der Waals surface area contributed by atoms with E-state index in [-0.39, 0.29) is 11.4 Å². The highest BCUT2D eigenvalue weighted by Gasteiger charge is 2.25. The lowest BCUT2D eigenvalue weighted by atomic mass is 10.0. The molecule has 4 rings (SSSR count). The van der Waals surface area contributed by atoms with Gasteiger partial charge in [-0.15, -0.1) is 0 Å². The molecule has 3 aromatic rings. The predicted octanol–water partition coefficient (Wildman–Crippen LogP) is 4.86. The van der Waals surface area contributed by atoms with Crippen molar-refractivity contribution in [2.45, 2.75) is 0 Å². The second-order valence-corrected chi connectivity index (χ2v) is 5.92. The average molecular weight is 357 g/mol. The molecule has 1 heterocycles. The molecule has 0 spiro atoms. The largest absolute Gasteiger partial charge is 0.496 e. The smallest absolute Gasteiger partial charge is 0.298 e. The molecular weight excluding hydrogens is 342 g/mol. The molecule has 6 nitrogen and oxygen atoms in total. The summed E-state index contributed by atoms with van der Waals surface area (Å²) in [6.45, 7) is 0. The molecule has 132 valence electrons. The number of hydrogen-bond donors (Lipinski definition) is 0. The number of fused-ring (bicyclic) bond motifs is 1. The lowest BCUT2D eigenvalue weighted by Crippen LogP contribution is -2.12. The molecule has 0 atom stereocenters. The number of methoxy groups -OCH3 is 1. The van der Waals surface area contributed by atoms with Gasteiger partial charge < -0.3 is 4.74 Å². The Hall–Kier alpha value is -3.80. The van der Waals surface area contributed by atoms with Crippen molar-refractivity contribution < 1.29 is 9.66 Å². The fourth-order valence-electron chi connectivity index (χ4n) is 2.97. The topological polar surface area (TPSA) is 77.1 Å². The summed E-state index contributed by atoms with van der Waals surface area (Å²) in [5, 5.41) is 11.5. The van der Waals surface area contributed by atoms with Crippen LogP contribution in [0.3, 0.4) is 0 Å². The second kappa shape index (κ2) is 6.84. The minimum Gasteiger partial charge on any atom is -0.496 e. The third-order valence-electron chi connectivity index (χ3n) is 4.27. The van der Waals surface area contributed by atoms with Crippen molar-refractivity contribution in [1.82, 2.24) is 0 Å². The monoisotopic (exact) mass is 357 g/mol. The number of nitrogens with zero attached hydrogens (tertiary/aromatic N) is 3. The Bertz CT molecular complexity index is 1090. The minimum atomic E-state index is -0.456. The molecule has 3 aromatic carbocycles. The molecule has 0 saturated heterocycles. The summed E-state index contributed by atoms with van der Waals surface area (Å²) in [4.78, 5) is 20.4. The Morgan fingerprint density at radius 1 is 1.00 bits per heavy atom. The number of rotatable bonds is 4. The molecule has 0 bridgehead atoms. The van der Waals surface area contributed by atoms with E-state index in [1.54, 1.807) is 12.1 Å². The van der Waals surface area contributed by atoms with Crippen molar-refractivity contribution in [3.8, 4) is 5.75 Å².